The number of carboxylic acids is 4. The van der Waals surface area contributed by atoms with E-state index in [0.717, 1.165) is 6.42 Å². The summed E-state index contributed by atoms with van der Waals surface area (Å²) in [6, 6.07) is 0. The Morgan fingerprint density at radius 3 is 0.806 bits per heavy atom. The van der Waals surface area contributed by atoms with Crippen LogP contribution in [0, 0.1) is 23.7 Å². The molecule has 0 saturated carbocycles. The molecule has 0 aromatic carbocycles. The van der Waals surface area contributed by atoms with Crippen molar-refractivity contribution in [2.24, 2.45) is 23.7 Å². The maximum atomic E-state index is 9.70. The maximum absolute atomic E-state index is 9.70. The summed E-state index contributed by atoms with van der Waals surface area (Å²) in [7, 11) is 0. The lowest BCUT2D eigenvalue weighted by Gasteiger charge is -1.90. The van der Waals surface area contributed by atoms with Crippen molar-refractivity contribution in [2.45, 2.75) is 88.0 Å². The summed E-state index contributed by atoms with van der Waals surface area (Å²) in [6.45, 7) is 15.7. The van der Waals surface area contributed by atoms with Gasteiger partial charge in [-0.05, 0) is 6.42 Å². The van der Waals surface area contributed by atoms with Gasteiger partial charge in [0.15, 0.2) is 0 Å². The summed E-state index contributed by atoms with van der Waals surface area (Å²) in [5.41, 5.74) is 0. The van der Waals surface area contributed by atoms with Gasteiger partial charge in [-0.1, -0.05) is 81.6 Å². The van der Waals surface area contributed by atoms with Gasteiger partial charge < -0.3 is 25.5 Å². The van der Waals surface area contributed by atoms with Crippen LogP contribution >= 0.6 is 0 Å². The van der Waals surface area contributed by atoms with E-state index in [1.165, 1.54) is 19.3 Å². The van der Waals surface area contributed by atoms with E-state index in [2.05, 4.69) is 6.92 Å². The first kappa shape index (κ1) is 39.3. The summed E-state index contributed by atoms with van der Waals surface area (Å²) >= 11 is 0. The van der Waals surface area contributed by atoms with Crippen molar-refractivity contribution in [3.05, 3.63) is 0 Å². The molecule has 0 radical (unpaired) electrons. The van der Waals surface area contributed by atoms with Gasteiger partial charge in [0.2, 0.25) is 0 Å². The van der Waals surface area contributed by atoms with Gasteiger partial charge in [-0.3, -0.25) is 19.2 Å². The quantitative estimate of drug-likeness (QED) is 0.332. The number of aliphatic hydroxyl groups is 1. The van der Waals surface area contributed by atoms with Gasteiger partial charge in [0.25, 0.3) is 0 Å². The molecule has 0 aromatic heterocycles. The first-order chi connectivity index (χ1) is 14.0. The number of hydrogen-bond acceptors (Lipinski definition) is 5. The van der Waals surface area contributed by atoms with E-state index in [0.29, 0.717) is 6.61 Å². The average Bonchev–Trinajstić information content (AvgIpc) is 2.63. The van der Waals surface area contributed by atoms with Gasteiger partial charge in [-0.15, -0.1) is 0 Å². The summed E-state index contributed by atoms with van der Waals surface area (Å²) in [6.07, 6.45) is 4.68. The molecule has 0 aliphatic rings. The topological polar surface area (TPSA) is 169 Å². The predicted octanol–water partition coefficient (Wildman–Crippen LogP) is 4.47. The van der Waals surface area contributed by atoms with Crippen molar-refractivity contribution in [1.29, 1.82) is 0 Å². The molecule has 0 spiro atoms. The normalized spacial score (nSPS) is 9.23. The number of aliphatic carboxylic acids is 4. The number of rotatable bonds is 8. The second-order valence-electron chi connectivity index (χ2n) is 7.76. The van der Waals surface area contributed by atoms with Gasteiger partial charge in [0.05, 0.1) is 23.7 Å². The average molecular weight is 455 g/mol. The molecule has 0 aliphatic carbocycles. The molecule has 0 aliphatic heterocycles. The first-order valence-corrected chi connectivity index (χ1v) is 10.5. The highest BCUT2D eigenvalue weighted by molar-refractivity contribution is 5.69. The van der Waals surface area contributed by atoms with E-state index in [4.69, 9.17) is 25.5 Å². The molecule has 0 saturated heterocycles. The van der Waals surface area contributed by atoms with Crippen molar-refractivity contribution < 1.29 is 44.7 Å². The lowest BCUT2D eigenvalue weighted by molar-refractivity contribution is -0.141. The van der Waals surface area contributed by atoms with Crippen molar-refractivity contribution in [2.75, 3.05) is 6.61 Å². The van der Waals surface area contributed by atoms with E-state index in [1.807, 2.05) is 0 Å². The van der Waals surface area contributed by atoms with Crippen LogP contribution in [0.1, 0.15) is 88.0 Å². The molecule has 0 fully saturated rings. The Hall–Kier alpha value is -2.16. The Labute approximate surface area is 187 Å². The molecule has 9 heteroatoms. The minimum atomic E-state index is -0.741. The van der Waals surface area contributed by atoms with Crippen LogP contribution in [0.15, 0.2) is 0 Å². The van der Waals surface area contributed by atoms with Crippen molar-refractivity contribution >= 4 is 23.9 Å². The monoisotopic (exact) mass is 454 g/mol. The molecule has 9 nitrogen and oxygen atoms in total. The smallest absolute Gasteiger partial charge is 0.305 e. The molecule has 0 rings (SSSR count). The molecule has 0 heterocycles. The lowest BCUT2D eigenvalue weighted by atomic mass is 10.2. The fourth-order valence-electron chi connectivity index (χ4n) is 0.539. The number of carboxylic acid groups (broad SMARTS) is 4. The largest absolute Gasteiger partial charge is 0.481 e. The van der Waals surface area contributed by atoms with Gasteiger partial charge in [0.1, 0.15) is 0 Å². The SMILES string of the molecule is CC(C)C(=O)O.CC(C)C(=O)O.CC(C)C(=O)O.CC(C)C(=O)O.CCCCCCO. The zero-order valence-corrected chi connectivity index (χ0v) is 20.7. The molecule has 0 unspecified atom stereocenters. The number of unbranched alkanes of at least 4 members (excludes halogenated alkanes) is 3. The Kier molecular flexibility index (Phi) is 35.3. The second-order valence-corrected chi connectivity index (χ2v) is 7.76. The van der Waals surface area contributed by atoms with Crippen LogP contribution < -0.4 is 0 Å². The molecule has 0 amide bonds. The number of aliphatic hydroxyl groups excluding tert-OH is 1. The van der Waals surface area contributed by atoms with Crippen molar-refractivity contribution in [1.82, 2.24) is 0 Å². The van der Waals surface area contributed by atoms with Crippen molar-refractivity contribution in [3.8, 4) is 0 Å². The zero-order valence-electron chi connectivity index (χ0n) is 20.7. The minimum absolute atomic E-state index is 0.231. The molecule has 31 heavy (non-hydrogen) atoms. The van der Waals surface area contributed by atoms with Crippen LogP contribution in [-0.4, -0.2) is 56.0 Å². The van der Waals surface area contributed by atoms with E-state index in [9.17, 15) is 19.2 Å². The number of hydrogen-bond donors (Lipinski definition) is 5. The highest BCUT2D eigenvalue weighted by atomic mass is 16.4. The van der Waals surface area contributed by atoms with Crippen LogP contribution in [0.2, 0.25) is 0 Å². The Balaban J connectivity index is -0.0000000910. The van der Waals surface area contributed by atoms with E-state index in [-0.39, 0.29) is 23.7 Å². The molecule has 5 N–H and O–H groups in total. The van der Waals surface area contributed by atoms with Gasteiger partial charge in [-0.2, -0.15) is 0 Å². The molecule has 188 valence electrons. The van der Waals surface area contributed by atoms with Gasteiger partial charge in [0, 0.05) is 6.61 Å². The maximum Gasteiger partial charge on any atom is 0.305 e. The Morgan fingerprint density at radius 1 is 0.516 bits per heavy atom. The first-order valence-electron chi connectivity index (χ1n) is 10.5. The van der Waals surface area contributed by atoms with Crippen LogP contribution in [0.4, 0.5) is 0 Å². The molecule has 0 aromatic rings. The fraction of sp³-hybridized carbons (Fsp3) is 0.818. The summed E-state index contributed by atoms with van der Waals surface area (Å²) in [4.78, 5) is 38.8. The predicted molar refractivity (Wildman–Crippen MR) is 121 cm³/mol. The van der Waals surface area contributed by atoms with Gasteiger partial charge in [-0.25, -0.2) is 0 Å². The third-order valence-electron chi connectivity index (χ3n) is 2.99. The van der Waals surface area contributed by atoms with Crippen LogP contribution in [0.25, 0.3) is 0 Å². The van der Waals surface area contributed by atoms with E-state index in [1.54, 1.807) is 55.4 Å². The van der Waals surface area contributed by atoms with Gasteiger partial charge >= 0.3 is 23.9 Å². The molecular weight excluding hydrogens is 408 g/mol. The highest BCUT2D eigenvalue weighted by Gasteiger charge is 2.00. The minimum Gasteiger partial charge on any atom is -0.481 e. The summed E-state index contributed by atoms with van der Waals surface area (Å²) in [5.74, 6) is -3.89. The van der Waals surface area contributed by atoms with Crippen LogP contribution in [0.3, 0.4) is 0 Å². The molecular formula is C22H46O9. The molecule has 0 atom stereocenters. The highest BCUT2D eigenvalue weighted by Crippen LogP contribution is 1.96. The Morgan fingerprint density at radius 2 is 0.710 bits per heavy atom. The standard InChI is InChI=1S/C6H14O.4C4H8O2/c1-2-3-4-5-6-7;4*1-3(2)4(5)6/h7H,2-6H2,1H3;4*3H,1-2H3,(H,5,6). The lowest BCUT2D eigenvalue weighted by Crippen LogP contribution is -2.03. The third-order valence-corrected chi connectivity index (χ3v) is 2.99. The summed E-state index contributed by atoms with van der Waals surface area (Å²) < 4.78 is 0. The fourth-order valence-corrected chi connectivity index (χ4v) is 0.539. The van der Waals surface area contributed by atoms with Crippen molar-refractivity contribution in [3.63, 3.8) is 0 Å². The third kappa shape index (κ3) is 58.4. The Bertz CT molecular complexity index is 366. The van der Waals surface area contributed by atoms with Crippen LogP contribution in [0.5, 0.6) is 0 Å². The van der Waals surface area contributed by atoms with Crippen LogP contribution in [-0.2, 0) is 19.2 Å². The zero-order chi connectivity index (χ0) is 26.2. The number of carbonyl (C=O) groups is 4. The molecule has 0 bridgehead atoms. The van der Waals surface area contributed by atoms with E-state index >= 15 is 0 Å². The second kappa shape index (κ2) is 27.8. The summed E-state index contributed by atoms with van der Waals surface area (Å²) in [5, 5.41) is 40.3. The van der Waals surface area contributed by atoms with E-state index < -0.39 is 23.9 Å².